The van der Waals surface area contributed by atoms with Crippen molar-refractivity contribution in [3.63, 3.8) is 0 Å². The van der Waals surface area contributed by atoms with E-state index >= 15 is 0 Å². The minimum Gasteiger partial charge on any atom is -0.482 e. The molecule has 0 amide bonds. The van der Waals surface area contributed by atoms with Gasteiger partial charge in [0.25, 0.3) is 0 Å². The van der Waals surface area contributed by atoms with E-state index in [9.17, 15) is 4.39 Å². The van der Waals surface area contributed by atoms with E-state index in [4.69, 9.17) is 22.1 Å². The molecular weight excluding hydrogens is 253 g/mol. The number of ether oxygens (including phenoxy) is 1. The number of hydrogen-bond donors (Lipinski definition) is 1. The second-order valence-corrected chi connectivity index (χ2v) is 4.37. The molecule has 0 atom stereocenters. The van der Waals surface area contributed by atoms with Crippen LogP contribution in [0.15, 0.2) is 18.2 Å². The fraction of sp³-hybridized carbons (Fsp3) is 0.111. The first-order valence-corrected chi connectivity index (χ1v) is 5.51. The normalized spacial score (nSPS) is 10.4. The van der Waals surface area contributed by atoms with Gasteiger partial charge < -0.3 is 10.5 Å². The molecular formula is C9H7ClFN3OS. The molecule has 84 valence electrons. The van der Waals surface area contributed by atoms with E-state index in [1.165, 1.54) is 23.5 Å². The van der Waals surface area contributed by atoms with Crippen LogP contribution in [0.5, 0.6) is 5.75 Å². The maximum atomic E-state index is 13.3. The molecule has 2 rings (SSSR count). The van der Waals surface area contributed by atoms with Crippen molar-refractivity contribution in [2.75, 3.05) is 5.73 Å². The van der Waals surface area contributed by atoms with Gasteiger partial charge in [0, 0.05) is 0 Å². The van der Waals surface area contributed by atoms with Crippen molar-refractivity contribution in [3.8, 4) is 5.75 Å². The van der Waals surface area contributed by atoms with E-state index in [0.717, 1.165) is 0 Å². The zero-order valence-electron chi connectivity index (χ0n) is 7.98. The number of rotatable bonds is 3. The Morgan fingerprint density at radius 1 is 1.44 bits per heavy atom. The number of benzene rings is 1. The summed E-state index contributed by atoms with van der Waals surface area (Å²) in [5.41, 5.74) is 5.40. The second kappa shape index (κ2) is 4.63. The summed E-state index contributed by atoms with van der Waals surface area (Å²) in [5.74, 6) is -0.497. The molecule has 1 aromatic heterocycles. The van der Waals surface area contributed by atoms with E-state index in [1.807, 2.05) is 0 Å². The summed E-state index contributed by atoms with van der Waals surface area (Å²) >= 11 is 6.96. The number of halogens is 2. The Kier molecular flexibility index (Phi) is 3.21. The Hall–Kier alpha value is -1.40. The van der Waals surface area contributed by atoms with Gasteiger partial charge in [-0.2, -0.15) is 0 Å². The topological polar surface area (TPSA) is 61.0 Å². The van der Waals surface area contributed by atoms with Gasteiger partial charge in [-0.15, -0.1) is 10.2 Å². The van der Waals surface area contributed by atoms with Crippen molar-refractivity contribution in [2.45, 2.75) is 6.61 Å². The van der Waals surface area contributed by atoms with Gasteiger partial charge >= 0.3 is 0 Å². The number of nitrogens with zero attached hydrogens (tertiary/aromatic N) is 2. The first-order chi connectivity index (χ1) is 7.66. The molecule has 0 fully saturated rings. The van der Waals surface area contributed by atoms with Crippen LogP contribution in [-0.2, 0) is 6.61 Å². The van der Waals surface area contributed by atoms with E-state index in [2.05, 4.69) is 10.2 Å². The second-order valence-electron chi connectivity index (χ2n) is 2.87. The lowest BCUT2D eigenvalue weighted by Gasteiger charge is -2.06. The van der Waals surface area contributed by atoms with Crippen molar-refractivity contribution >= 4 is 28.1 Å². The molecule has 0 aliphatic rings. The maximum Gasteiger partial charge on any atom is 0.203 e. The third-order valence-electron chi connectivity index (χ3n) is 1.74. The minimum atomic E-state index is -0.509. The van der Waals surface area contributed by atoms with E-state index < -0.39 is 5.82 Å². The van der Waals surface area contributed by atoms with Crippen molar-refractivity contribution in [2.24, 2.45) is 0 Å². The molecule has 7 heteroatoms. The Balaban J connectivity index is 2.10. The molecule has 0 bridgehead atoms. The molecule has 1 aromatic carbocycles. The summed E-state index contributed by atoms with van der Waals surface area (Å²) in [6, 6.07) is 4.33. The highest BCUT2D eigenvalue weighted by Crippen LogP contribution is 2.28. The molecule has 16 heavy (non-hydrogen) atoms. The smallest absolute Gasteiger partial charge is 0.203 e. The van der Waals surface area contributed by atoms with Crippen molar-refractivity contribution in [1.82, 2.24) is 10.2 Å². The van der Waals surface area contributed by atoms with Gasteiger partial charge in [0.2, 0.25) is 5.13 Å². The number of hydrogen-bond acceptors (Lipinski definition) is 5. The molecule has 0 aliphatic carbocycles. The summed E-state index contributed by atoms with van der Waals surface area (Å²) < 4.78 is 18.5. The number of aromatic nitrogens is 2. The molecule has 0 saturated carbocycles. The van der Waals surface area contributed by atoms with Crippen LogP contribution < -0.4 is 10.5 Å². The molecule has 0 saturated heterocycles. The van der Waals surface area contributed by atoms with Gasteiger partial charge in [-0.1, -0.05) is 29.0 Å². The quantitative estimate of drug-likeness (QED) is 0.920. The summed E-state index contributed by atoms with van der Waals surface area (Å²) in [7, 11) is 0. The van der Waals surface area contributed by atoms with Crippen molar-refractivity contribution in [3.05, 3.63) is 34.0 Å². The third-order valence-corrected chi connectivity index (χ3v) is 2.76. The number of nitrogens with two attached hydrogens (primary N) is 1. The van der Waals surface area contributed by atoms with E-state index in [-0.39, 0.29) is 17.4 Å². The van der Waals surface area contributed by atoms with Crippen LogP contribution in [0, 0.1) is 5.82 Å². The fourth-order valence-electron chi connectivity index (χ4n) is 1.08. The minimum absolute atomic E-state index is 0.0120. The summed E-state index contributed by atoms with van der Waals surface area (Å²) in [4.78, 5) is 0. The van der Waals surface area contributed by atoms with Crippen LogP contribution in [0.4, 0.5) is 9.52 Å². The molecule has 0 aliphatic heterocycles. The van der Waals surface area contributed by atoms with Gasteiger partial charge in [-0.05, 0) is 12.1 Å². The molecule has 0 radical (unpaired) electrons. The zero-order chi connectivity index (χ0) is 11.5. The molecule has 2 aromatic rings. The molecule has 2 N–H and O–H groups in total. The standard InChI is InChI=1S/C9H7ClFN3OS/c10-5-2-1-3-6(11)8(5)15-4-7-13-14-9(12)16-7/h1-3H,4H2,(H2,12,14). The summed E-state index contributed by atoms with van der Waals surface area (Å²) in [5, 5.41) is 8.49. The highest BCUT2D eigenvalue weighted by Gasteiger charge is 2.09. The van der Waals surface area contributed by atoms with Crippen LogP contribution in [-0.4, -0.2) is 10.2 Å². The van der Waals surface area contributed by atoms with Crippen LogP contribution in [0.3, 0.4) is 0 Å². The SMILES string of the molecule is Nc1nnc(COc2c(F)cccc2Cl)s1. The number of para-hydroxylation sites is 1. The van der Waals surface area contributed by atoms with Crippen molar-refractivity contribution in [1.29, 1.82) is 0 Å². The highest BCUT2D eigenvalue weighted by molar-refractivity contribution is 7.15. The predicted molar refractivity (Wildman–Crippen MR) is 60.1 cm³/mol. The van der Waals surface area contributed by atoms with Gasteiger partial charge in [-0.3, -0.25) is 0 Å². The Labute approximate surface area is 99.8 Å². The summed E-state index contributed by atoms with van der Waals surface area (Å²) in [6.07, 6.45) is 0. The lowest BCUT2D eigenvalue weighted by Crippen LogP contribution is -1.97. The monoisotopic (exact) mass is 259 g/mol. The Bertz CT molecular complexity index is 485. The van der Waals surface area contributed by atoms with E-state index in [1.54, 1.807) is 6.07 Å². The molecule has 0 unspecified atom stereocenters. The van der Waals surface area contributed by atoms with Gasteiger partial charge in [0.15, 0.2) is 16.6 Å². The lowest BCUT2D eigenvalue weighted by molar-refractivity contribution is 0.289. The number of anilines is 1. The number of nitrogen functional groups attached to an aromatic ring is 1. The van der Waals surface area contributed by atoms with Gasteiger partial charge in [-0.25, -0.2) is 4.39 Å². The third kappa shape index (κ3) is 2.40. The molecule has 1 heterocycles. The Morgan fingerprint density at radius 2 is 2.25 bits per heavy atom. The summed E-state index contributed by atoms with van der Waals surface area (Å²) in [6.45, 7) is 0.0928. The van der Waals surface area contributed by atoms with Crippen molar-refractivity contribution < 1.29 is 9.13 Å². The first kappa shape index (κ1) is 11.1. The Morgan fingerprint density at radius 3 is 2.88 bits per heavy atom. The van der Waals surface area contributed by atoms with Crippen LogP contribution in [0.2, 0.25) is 5.02 Å². The van der Waals surface area contributed by atoms with Crippen LogP contribution in [0.1, 0.15) is 5.01 Å². The average molecular weight is 260 g/mol. The maximum absolute atomic E-state index is 13.3. The predicted octanol–water partition coefficient (Wildman–Crippen LogP) is 2.49. The fourth-order valence-corrected chi connectivity index (χ4v) is 1.82. The van der Waals surface area contributed by atoms with Gasteiger partial charge in [0.1, 0.15) is 6.61 Å². The lowest BCUT2D eigenvalue weighted by atomic mass is 10.3. The average Bonchev–Trinajstić information content (AvgIpc) is 2.63. The van der Waals surface area contributed by atoms with Gasteiger partial charge in [0.05, 0.1) is 5.02 Å². The van der Waals surface area contributed by atoms with Crippen LogP contribution in [0.25, 0.3) is 0 Å². The highest BCUT2D eigenvalue weighted by atomic mass is 35.5. The van der Waals surface area contributed by atoms with Crippen LogP contribution >= 0.6 is 22.9 Å². The zero-order valence-corrected chi connectivity index (χ0v) is 9.56. The molecule has 0 spiro atoms. The van der Waals surface area contributed by atoms with E-state index in [0.29, 0.717) is 10.1 Å². The molecule has 4 nitrogen and oxygen atoms in total. The largest absolute Gasteiger partial charge is 0.482 e. The first-order valence-electron chi connectivity index (χ1n) is 4.31.